The number of hydrogen-bond donors (Lipinski definition) is 2. The van der Waals surface area contributed by atoms with E-state index in [-0.39, 0.29) is 57.0 Å². The van der Waals surface area contributed by atoms with Crippen LogP contribution < -0.4 is 15.3 Å². The third-order valence-electron chi connectivity index (χ3n) is 6.24. The van der Waals surface area contributed by atoms with Crippen LogP contribution in [0.15, 0.2) is 91.0 Å². The van der Waals surface area contributed by atoms with Crippen molar-refractivity contribution in [3.8, 4) is 17.2 Å². The number of carboxylic acid groups (broad SMARTS) is 2. The average Bonchev–Trinajstić information content (AvgIpc) is 2.97. The zero-order valence-corrected chi connectivity index (χ0v) is 23.7. The van der Waals surface area contributed by atoms with E-state index in [1.165, 1.54) is 24.3 Å². The molecule has 0 saturated heterocycles. The van der Waals surface area contributed by atoms with Gasteiger partial charge in [0.25, 0.3) is 0 Å². The smallest absolute Gasteiger partial charge is 0.872 e. The summed E-state index contributed by atoms with van der Waals surface area (Å²) in [6.45, 7) is 3.70. The van der Waals surface area contributed by atoms with Gasteiger partial charge in [-0.1, -0.05) is 90.4 Å². The number of carbonyl (C=O) groups is 2. The van der Waals surface area contributed by atoms with Gasteiger partial charge in [0.1, 0.15) is 11.4 Å². The van der Waals surface area contributed by atoms with Crippen molar-refractivity contribution in [2.24, 2.45) is 0 Å². The predicted molar refractivity (Wildman–Crippen MR) is 155 cm³/mol. The molecule has 0 saturated carbocycles. The fourth-order valence-electron chi connectivity index (χ4n) is 4.07. The van der Waals surface area contributed by atoms with E-state index in [2.05, 4.69) is 9.97 Å². The second kappa shape index (κ2) is 13.5. The number of aryl methyl sites for hydroxylation is 2. The summed E-state index contributed by atoms with van der Waals surface area (Å²) in [5, 5.41) is 54.8. The maximum Gasteiger partial charge on any atom is 3.00 e. The maximum absolute atomic E-state index is 11.5. The first-order valence-electron chi connectivity index (χ1n) is 12.3. The first kappa shape index (κ1) is 31.4. The molecule has 42 heavy (non-hydrogen) atoms. The molecule has 0 aliphatic heterocycles. The van der Waals surface area contributed by atoms with Crippen LogP contribution in [0.25, 0.3) is 32.6 Å². The topological polar surface area (TPSA) is 170 Å². The molecule has 0 aliphatic carbocycles. The van der Waals surface area contributed by atoms with Gasteiger partial charge in [-0.3, -0.25) is 0 Å². The van der Waals surface area contributed by atoms with Gasteiger partial charge in [0.05, 0.1) is 11.0 Å². The predicted octanol–water partition coefficient (Wildman–Crippen LogP) is 4.16. The number of benzene rings is 4. The molecular formula is C32H23AlN2O7. The zero-order valence-electron chi connectivity index (χ0n) is 22.6. The Morgan fingerprint density at radius 2 is 1.05 bits per heavy atom. The fraction of sp³-hybridized carbons (Fsp3) is 0.0625. The van der Waals surface area contributed by atoms with Crippen LogP contribution in [-0.2, 0) is 0 Å². The summed E-state index contributed by atoms with van der Waals surface area (Å²) < 4.78 is 0. The first-order chi connectivity index (χ1) is 19.5. The van der Waals surface area contributed by atoms with Crippen molar-refractivity contribution < 1.29 is 35.1 Å². The molecule has 10 heteroatoms. The summed E-state index contributed by atoms with van der Waals surface area (Å²) in [5.74, 6) is -2.68. The van der Waals surface area contributed by atoms with Gasteiger partial charge in [0.15, 0.2) is 0 Å². The molecule has 2 heterocycles. The van der Waals surface area contributed by atoms with E-state index >= 15 is 0 Å². The van der Waals surface area contributed by atoms with E-state index < -0.39 is 11.9 Å². The molecule has 0 fully saturated rings. The Morgan fingerprint density at radius 1 is 0.595 bits per heavy atom. The normalized spacial score (nSPS) is 10.1. The van der Waals surface area contributed by atoms with Crippen molar-refractivity contribution in [1.82, 2.24) is 9.97 Å². The van der Waals surface area contributed by atoms with Crippen LogP contribution in [0.1, 0.15) is 32.1 Å². The minimum Gasteiger partial charge on any atom is -0.872 e. The van der Waals surface area contributed by atoms with E-state index in [0.29, 0.717) is 10.8 Å². The number of carboxylic acids is 2. The molecule has 206 valence electrons. The third kappa shape index (κ3) is 7.12. The molecule has 2 N–H and O–H groups in total. The molecule has 6 aromatic rings. The summed E-state index contributed by atoms with van der Waals surface area (Å²) in [6, 6.07) is 25.1. The molecular weight excluding hydrogens is 551 g/mol. The van der Waals surface area contributed by atoms with Gasteiger partial charge in [-0.15, -0.1) is 5.75 Å². The Morgan fingerprint density at radius 3 is 1.50 bits per heavy atom. The molecule has 6 rings (SSSR count). The SMILES string of the molecule is Cc1ccc([O-])c2nc(C(=O)O)ccc12.Cc1ccc([O-])c2nc(C(=O)O)ccc12.[Al+3].[O-]c1ccc2ccccc2c1. The van der Waals surface area contributed by atoms with Gasteiger partial charge in [-0.2, -0.15) is 0 Å². The number of aromatic carboxylic acids is 2. The van der Waals surface area contributed by atoms with Crippen LogP contribution in [0.3, 0.4) is 0 Å². The minimum absolute atomic E-state index is 0. The Kier molecular flexibility index (Phi) is 10.1. The first-order valence-corrected chi connectivity index (χ1v) is 12.3. The molecule has 4 aromatic carbocycles. The Hall–Kier alpha value is -5.17. The monoisotopic (exact) mass is 574 g/mol. The van der Waals surface area contributed by atoms with Gasteiger partial charge in [-0.25, -0.2) is 19.6 Å². The van der Waals surface area contributed by atoms with Crippen molar-refractivity contribution in [3.63, 3.8) is 0 Å². The van der Waals surface area contributed by atoms with Crippen LogP contribution in [0, 0.1) is 13.8 Å². The standard InChI is InChI=1S/2C11H9NO3.C10H8O.Al/c2*1-6-2-5-9(13)10-7(6)3-4-8(12-10)11(14)15;11-10-6-5-8-3-1-2-4-9(8)7-10;/h2*2-5,13H,1H3,(H,14,15);1-7,11H;/q;;;+3/p-3. The van der Waals surface area contributed by atoms with E-state index in [0.717, 1.165) is 21.9 Å². The zero-order chi connectivity index (χ0) is 29.7. The average molecular weight is 575 g/mol. The molecule has 0 radical (unpaired) electrons. The quantitative estimate of drug-likeness (QED) is 0.288. The maximum atomic E-state index is 11.5. The summed E-state index contributed by atoms with van der Waals surface area (Å²) >= 11 is 0. The molecule has 0 spiro atoms. The van der Waals surface area contributed by atoms with Gasteiger partial charge in [0.2, 0.25) is 0 Å². The minimum atomic E-state index is -1.13. The number of hydrogen-bond acceptors (Lipinski definition) is 7. The largest absolute Gasteiger partial charge is 3.00 e. The fourth-order valence-corrected chi connectivity index (χ4v) is 4.07. The molecule has 2 aromatic heterocycles. The third-order valence-corrected chi connectivity index (χ3v) is 6.24. The molecule has 0 unspecified atom stereocenters. The van der Waals surface area contributed by atoms with Crippen LogP contribution in [0.4, 0.5) is 0 Å². The summed E-state index contributed by atoms with van der Waals surface area (Å²) in [6.07, 6.45) is 0. The van der Waals surface area contributed by atoms with E-state index in [1.54, 1.807) is 36.4 Å². The summed E-state index contributed by atoms with van der Waals surface area (Å²) in [5.41, 5.74) is 2.04. The van der Waals surface area contributed by atoms with E-state index in [4.69, 9.17) is 10.2 Å². The second-order valence-electron chi connectivity index (χ2n) is 9.07. The molecule has 9 nitrogen and oxygen atoms in total. The summed E-state index contributed by atoms with van der Waals surface area (Å²) in [4.78, 5) is 29.0. The van der Waals surface area contributed by atoms with Crippen molar-refractivity contribution in [2.45, 2.75) is 13.8 Å². The molecule has 0 atom stereocenters. The van der Waals surface area contributed by atoms with Crippen molar-refractivity contribution >= 4 is 61.9 Å². The second-order valence-corrected chi connectivity index (χ2v) is 9.07. The number of nitrogens with zero attached hydrogens (tertiary/aromatic N) is 2. The van der Waals surface area contributed by atoms with Crippen LogP contribution >= 0.6 is 0 Å². The Bertz CT molecular complexity index is 1820. The molecule has 0 amide bonds. The van der Waals surface area contributed by atoms with Gasteiger partial charge < -0.3 is 25.5 Å². The van der Waals surface area contributed by atoms with Gasteiger partial charge in [0, 0.05) is 10.8 Å². The van der Waals surface area contributed by atoms with Crippen molar-refractivity contribution in [1.29, 1.82) is 0 Å². The van der Waals surface area contributed by atoms with Gasteiger partial charge in [-0.05, 0) is 47.9 Å². The number of aromatic nitrogens is 2. The number of fused-ring (bicyclic) bond motifs is 3. The number of pyridine rings is 2. The van der Waals surface area contributed by atoms with Crippen LogP contribution in [-0.4, -0.2) is 49.5 Å². The van der Waals surface area contributed by atoms with E-state index in [9.17, 15) is 24.9 Å². The Balaban J connectivity index is 0.000000173. The van der Waals surface area contributed by atoms with Crippen molar-refractivity contribution in [3.05, 3.63) is 114 Å². The molecule has 0 aliphatic rings. The van der Waals surface area contributed by atoms with E-state index in [1.807, 2.05) is 44.2 Å². The number of rotatable bonds is 2. The van der Waals surface area contributed by atoms with Crippen LogP contribution in [0.2, 0.25) is 0 Å². The Labute approximate surface area is 251 Å². The summed E-state index contributed by atoms with van der Waals surface area (Å²) in [7, 11) is 0. The molecule has 0 bridgehead atoms. The van der Waals surface area contributed by atoms with Crippen LogP contribution in [0.5, 0.6) is 17.2 Å². The van der Waals surface area contributed by atoms with Crippen molar-refractivity contribution in [2.75, 3.05) is 0 Å². The van der Waals surface area contributed by atoms with Gasteiger partial charge >= 0.3 is 29.3 Å².